The second-order valence-corrected chi connectivity index (χ2v) is 7.00. The van der Waals surface area contributed by atoms with Crippen molar-refractivity contribution in [3.05, 3.63) is 0 Å². The largest absolute Gasteiger partial charge is 0.393 e. The van der Waals surface area contributed by atoms with Gasteiger partial charge in [0.2, 0.25) is 0 Å². The first kappa shape index (κ1) is 14.1. The Hall–Kier alpha value is -0.270. The summed E-state index contributed by atoms with van der Waals surface area (Å²) in [4.78, 5) is 0. The SMILES string of the molecule is O=S(=O)(C(F)F)N1CCCCC1C1CCCC1O. The molecule has 0 bridgehead atoms. The van der Waals surface area contributed by atoms with Gasteiger partial charge in [-0.1, -0.05) is 12.8 Å². The lowest BCUT2D eigenvalue weighted by Gasteiger charge is -2.38. The molecule has 1 aliphatic heterocycles. The molecular weight excluding hydrogens is 264 g/mol. The van der Waals surface area contributed by atoms with Crippen LogP contribution in [-0.4, -0.2) is 42.3 Å². The molecule has 18 heavy (non-hydrogen) atoms. The van der Waals surface area contributed by atoms with E-state index in [1.165, 1.54) is 0 Å². The summed E-state index contributed by atoms with van der Waals surface area (Å²) in [6, 6.07) is -0.449. The molecular formula is C11H19F2NO3S. The van der Waals surface area contributed by atoms with Crippen molar-refractivity contribution in [2.75, 3.05) is 6.54 Å². The van der Waals surface area contributed by atoms with E-state index < -0.39 is 27.9 Å². The highest BCUT2D eigenvalue weighted by Gasteiger charge is 2.44. The number of aliphatic hydroxyl groups is 1. The Morgan fingerprint density at radius 1 is 1.11 bits per heavy atom. The number of rotatable bonds is 3. The second kappa shape index (κ2) is 5.38. The first-order valence-electron chi connectivity index (χ1n) is 6.41. The van der Waals surface area contributed by atoms with Gasteiger partial charge in [0.1, 0.15) is 0 Å². The van der Waals surface area contributed by atoms with Crippen LogP contribution >= 0.6 is 0 Å². The third-order valence-electron chi connectivity index (χ3n) is 4.08. The van der Waals surface area contributed by atoms with Gasteiger partial charge in [0.05, 0.1) is 6.10 Å². The van der Waals surface area contributed by atoms with Crippen LogP contribution in [0.15, 0.2) is 0 Å². The van der Waals surface area contributed by atoms with Crippen LogP contribution in [0.2, 0.25) is 0 Å². The summed E-state index contributed by atoms with van der Waals surface area (Å²) in [6.07, 6.45) is 3.68. The van der Waals surface area contributed by atoms with Crippen molar-refractivity contribution >= 4 is 10.0 Å². The molecule has 1 N–H and O–H groups in total. The summed E-state index contributed by atoms with van der Waals surface area (Å²) in [5.74, 6) is -3.55. The van der Waals surface area contributed by atoms with Gasteiger partial charge in [-0.05, 0) is 25.7 Å². The summed E-state index contributed by atoms with van der Waals surface area (Å²) in [5.41, 5.74) is 0. The summed E-state index contributed by atoms with van der Waals surface area (Å²) in [6.45, 7) is 0.153. The van der Waals surface area contributed by atoms with Gasteiger partial charge in [-0.2, -0.15) is 13.1 Å². The molecule has 0 amide bonds. The minimum atomic E-state index is -4.52. The Morgan fingerprint density at radius 3 is 2.39 bits per heavy atom. The van der Waals surface area contributed by atoms with Crippen LogP contribution in [0.5, 0.6) is 0 Å². The standard InChI is InChI=1S/C11H19F2NO3S/c12-11(13)18(16,17)14-7-2-1-5-9(14)8-4-3-6-10(8)15/h8-11,15H,1-7H2. The molecule has 0 aromatic heterocycles. The van der Waals surface area contributed by atoms with Gasteiger partial charge >= 0.3 is 5.76 Å². The second-order valence-electron chi connectivity index (χ2n) is 5.14. The van der Waals surface area contributed by atoms with Crippen molar-refractivity contribution in [3.63, 3.8) is 0 Å². The van der Waals surface area contributed by atoms with E-state index in [0.29, 0.717) is 19.3 Å². The Balaban J connectivity index is 2.21. The quantitative estimate of drug-likeness (QED) is 0.855. The van der Waals surface area contributed by atoms with E-state index in [0.717, 1.165) is 23.6 Å². The smallest absolute Gasteiger partial charge is 0.350 e. The lowest BCUT2D eigenvalue weighted by molar-refractivity contribution is 0.0686. The number of hydrogen-bond acceptors (Lipinski definition) is 3. The number of aliphatic hydroxyl groups excluding tert-OH is 1. The maximum Gasteiger partial charge on any atom is 0.350 e. The molecule has 1 aliphatic carbocycles. The van der Waals surface area contributed by atoms with Gasteiger partial charge in [0, 0.05) is 18.5 Å². The van der Waals surface area contributed by atoms with Gasteiger partial charge in [-0.15, -0.1) is 0 Å². The predicted molar refractivity (Wildman–Crippen MR) is 62.6 cm³/mol. The number of hydrogen-bond donors (Lipinski definition) is 1. The van der Waals surface area contributed by atoms with Crippen molar-refractivity contribution in [2.45, 2.75) is 56.4 Å². The third kappa shape index (κ3) is 2.53. The Labute approximate surface area is 106 Å². The first-order valence-corrected chi connectivity index (χ1v) is 7.92. The molecule has 106 valence electrons. The fourth-order valence-corrected chi connectivity index (χ4v) is 4.42. The normalized spacial score (nSPS) is 35.2. The molecule has 3 atom stereocenters. The fraction of sp³-hybridized carbons (Fsp3) is 1.00. The lowest BCUT2D eigenvalue weighted by atomic mass is 9.89. The van der Waals surface area contributed by atoms with E-state index in [1.807, 2.05) is 0 Å². The monoisotopic (exact) mass is 283 g/mol. The van der Waals surface area contributed by atoms with Crippen LogP contribution in [0.1, 0.15) is 38.5 Å². The van der Waals surface area contributed by atoms with Crippen molar-refractivity contribution in [1.29, 1.82) is 0 Å². The molecule has 2 fully saturated rings. The first-order chi connectivity index (χ1) is 8.44. The lowest BCUT2D eigenvalue weighted by Crippen LogP contribution is -2.50. The minimum Gasteiger partial charge on any atom is -0.393 e. The number of halogens is 2. The van der Waals surface area contributed by atoms with E-state index in [2.05, 4.69) is 0 Å². The van der Waals surface area contributed by atoms with Crippen molar-refractivity contribution in [3.8, 4) is 0 Å². The maximum absolute atomic E-state index is 12.7. The van der Waals surface area contributed by atoms with Crippen LogP contribution in [0.3, 0.4) is 0 Å². The molecule has 2 rings (SSSR count). The molecule has 0 aromatic carbocycles. The zero-order valence-corrected chi connectivity index (χ0v) is 11.0. The molecule has 4 nitrogen and oxygen atoms in total. The minimum absolute atomic E-state index is 0.153. The van der Waals surface area contributed by atoms with Crippen LogP contribution in [-0.2, 0) is 10.0 Å². The van der Waals surface area contributed by atoms with E-state index in [-0.39, 0.29) is 12.5 Å². The van der Waals surface area contributed by atoms with Crippen LogP contribution in [0.25, 0.3) is 0 Å². The molecule has 0 aromatic rings. The fourth-order valence-electron chi connectivity index (χ4n) is 3.19. The molecule has 1 saturated heterocycles. The zero-order valence-electron chi connectivity index (χ0n) is 10.1. The molecule has 1 heterocycles. The van der Waals surface area contributed by atoms with E-state index in [9.17, 15) is 22.3 Å². The number of sulfonamides is 1. The average molecular weight is 283 g/mol. The molecule has 7 heteroatoms. The number of alkyl halides is 2. The number of nitrogens with zero attached hydrogens (tertiary/aromatic N) is 1. The summed E-state index contributed by atoms with van der Waals surface area (Å²) >= 11 is 0. The molecule has 0 spiro atoms. The molecule has 0 radical (unpaired) electrons. The van der Waals surface area contributed by atoms with Gasteiger partial charge in [-0.25, -0.2) is 8.42 Å². The van der Waals surface area contributed by atoms with Crippen molar-refractivity contribution in [1.82, 2.24) is 4.31 Å². The van der Waals surface area contributed by atoms with Gasteiger partial charge in [0.25, 0.3) is 10.0 Å². The van der Waals surface area contributed by atoms with Gasteiger partial charge in [0.15, 0.2) is 0 Å². The summed E-state index contributed by atoms with van der Waals surface area (Å²) < 4.78 is 49.6. The average Bonchev–Trinajstić information content (AvgIpc) is 2.75. The van der Waals surface area contributed by atoms with Crippen molar-refractivity contribution < 1.29 is 22.3 Å². The Bertz CT molecular complexity index is 388. The van der Waals surface area contributed by atoms with Crippen molar-refractivity contribution in [2.24, 2.45) is 5.92 Å². The summed E-state index contributed by atoms with van der Waals surface area (Å²) in [7, 11) is -4.52. The topological polar surface area (TPSA) is 57.6 Å². The third-order valence-corrected chi connectivity index (χ3v) is 5.63. The molecule has 1 saturated carbocycles. The maximum atomic E-state index is 12.7. The zero-order chi connectivity index (χ0) is 13.3. The van der Waals surface area contributed by atoms with Gasteiger partial charge < -0.3 is 5.11 Å². The highest BCUT2D eigenvalue weighted by molar-refractivity contribution is 7.89. The van der Waals surface area contributed by atoms with E-state index >= 15 is 0 Å². The van der Waals surface area contributed by atoms with Crippen LogP contribution in [0, 0.1) is 5.92 Å². The molecule has 3 unspecified atom stereocenters. The van der Waals surface area contributed by atoms with Crippen LogP contribution < -0.4 is 0 Å². The summed E-state index contributed by atoms with van der Waals surface area (Å²) in [5, 5.41) is 9.85. The van der Waals surface area contributed by atoms with E-state index in [1.54, 1.807) is 0 Å². The molecule has 2 aliphatic rings. The van der Waals surface area contributed by atoms with Gasteiger partial charge in [-0.3, -0.25) is 0 Å². The highest BCUT2D eigenvalue weighted by atomic mass is 32.2. The van der Waals surface area contributed by atoms with Crippen LogP contribution in [0.4, 0.5) is 8.78 Å². The van der Waals surface area contributed by atoms with E-state index in [4.69, 9.17) is 0 Å². The predicted octanol–water partition coefficient (Wildman–Crippen LogP) is 1.55. The Morgan fingerprint density at radius 2 is 1.83 bits per heavy atom. The number of piperidine rings is 1. The Kier molecular flexibility index (Phi) is 4.23. The highest BCUT2D eigenvalue weighted by Crippen LogP contribution is 2.37.